The van der Waals surface area contributed by atoms with Crippen LogP contribution < -0.4 is 5.32 Å². The second-order valence-corrected chi connectivity index (χ2v) is 3.78. The number of carboxylic acids is 1. The second-order valence-electron chi connectivity index (χ2n) is 3.34. The molecule has 5 heteroatoms. The van der Waals surface area contributed by atoms with Crippen LogP contribution in [-0.2, 0) is 16.0 Å². The smallest absolute Gasteiger partial charge is 0.328 e. The molecule has 1 rings (SSSR count). The molecule has 1 aromatic carbocycles. The summed E-state index contributed by atoms with van der Waals surface area (Å²) in [6.45, 7) is 0.434. The number of halogens is 1. The molecule has 0 saturated heterocycles. The molecule has 1 amide bonds. The van der Waals surface area contributed by atoms with E-state index in [1.54, 1.807) is 6.07 Å². The van der Waals surface area contributed by atoms with E-state index in [-0.39, 0.29) is 0 Å². The summed E-state index contributed by atoms with van der Waals surface area (Å²) in [5.74, 6) is -1.57. The van der Waals surface area contributed by atoms with Gasteiger partial charge in [0.25, 0.3) is 0 Å². The molecule has 0 bridgehead atoms. The summed E-state index contributed by atoms with van der Waals surface area (Å²) in [6.07, 6.45) is 2.43. The van der Waals surface area contributed by atoms with Gasteiger partial charge in [-0.05, 0) is 24.1 Å². The van der Waals surface area contributed by atoms with Gasteiger partial charge in [-0.15, -0.1) is 0 Å². The second kappa shape index (κ2) is 6.70. The Bertz CT molecular complexity index is 443. The molecule has 0 fully saturated rings. The zero-order chi connectivity index (χ0) is 12.7. The molecule has 0 aliphatic carbocycles. The first-order valence-electron chi connectivity index (χ1n) is 5.01. The van der Waals surface area contributed by atoms with Crippen LogP contribution >= 0.6 is 11.6 Å². The van der Waals surface area contributed by atoms with Crippen molar-refractivity contribution in [2.75, 3.05) is 6.54 Å². The number of hydrogen-bond donors (Lipinski definition) is 2. The molecule has 0 heterocycles. The number of rotatable bonds is 5. The minimum atomic E-state index is -1.14. The van der Waals surface area contributed by atoms with E-state index in [4.69, 9.17) is 16.7 Å². The van der Waals surface area contributed by atoms with Crippen molar-refractivity contribution >= 4 is 23.5 Å². The maximum atomic E-state index is 11.1. The Kier molecular flexibility index (Phi) is 5.23. The molecule has 0 saturated carbocycles. The Morgan fingerprint density at radius 2 is 2.12 bits per heavy atom. The molecule has 0 aliphatic heterocycles. The molecular weight excluding hydrogens is 242 g/mol. The van der Waals surface area contributed by atoms with E-state index in [2.05, 4.69) is 5.32 Å². The van der Waals surface area contributed by atoms with Crippen LogP contribution in [0.4, 0.5) is 0 Å². The molecule has 4 nitrogen and oxygen atoms in total. The summed E-state index contributed by atoms with van der Waals surface area (Å²) in [4.78, 5) is 21.3. The van der Waals surface area contributed by atoms with E-state index in [9.17, 15) is 9.59 Å². The fraction of sp³-hybridized carbons (Fsp3) is 0.167. The highest BCUT2D eigenvalue weighted by Gasteiger charge is 1.98. The van der Waals surface area contributed by atoms with Gasteiger partial charge in [0.05, 0.1) is 0 Å². The van der Waals surface area contributed by atoms with Crippen LogP contribution in [0.5, 0.6) is 0 Å². The van der Waals surface area contributed by atoms with Gasteiger partial charge in [0.15, 0.2) is 0 Å². The first-order valence-corrected chi connectivity index (χ1v) is 5.39. The summed E-state index contributed by atoms with van der Waals surface area (Å²) in [5.41, 5.74) is 1.01. The van der Waals surface area contributed by atoms with Crippen LogP contribution in [0.2, 0.25) is 5.02 Å². The van der Waals surface area contributed by atoms with Crippen molar-refractivity contribution in [3.05, 3.63) is 47.0 Å². The average molecular weight is 254 g/mol. The lowest BCUT2D eigenvalue weighted by Crippen LogP contribution is -2.23. The van der Waals surface area contributed by atoms with E-state index in [0.29, 0.717) is 18.0 Å². The maximum absolute atomic E-state index is 11.1. The minimum Gasteiger partial charge on any atom is -0.478 e. The van der Waals surface area contributed by atoms with Crippen molar-refractivity contribution in [3.8, 4) is 0 Å². The fourth-order valence-corrected chi connectivity index (χ4v) is 1.44. The molecule has 0 aromatic heterocycles. The van der Waals surface area contributed by atoms with Gasteiger partial charge < -0.3 is 10.4 Å². The van der Waals surface area contributed by atoms with Crippen LogP contribution in [0.15, 0.2) is 36.4 Å². The molecule has 90 valence electrons. The zero-order valence-corrected chi connectivity index (χ0v) is 9.78. The first-order chi connectivity index (χ1) is 8.08. The van der Waals surface area contributed by atoms with E-state index in [0.717, 1.165) is 17.7 Å². The topological polar surface area (TPSA) is 66.4 Å². The maximum Gasteiger partial charge on any atom is 0.328 e. The molecule has 0 unspecified atom stereocenters. The summed E-state index contributed by atoms with van der Waals surface area (Å²) >= 11 is 5.81. The molecule has 0 spiro atoms. The van der Waals surface area contributed by atoms with Gasteiger partial charge in [-0.25, -0.2) is 4.79 Å². The van der Waals surface area contributed by atoms with Crippen LogP contribution in [0.3, 0.4) is 0 Å². The van der Waals surface area contributed by atoms with Gasteiger partial charge in [0.1, 0.15) is 0 Å². The van der Waals surface area contributed by atoms with Crippen LogP contribution in [0.25, 0.3) is 0 Å². The summed E-state index contributed by atoms with van der Waals surface area (Å²) in [5, 5.41) is 11.5. The predicted octanol–water partition coefficient (Wildman–Crippen LogP) is 1.64. The Morgan fingerprint density at radius 1 is 1.35 bits per heavy atom. The number of benzene rings is 1. The molecule has 2 N–H and O–H groups in total. The third-order valence-electron chi connectivity index (χ3n) is 1.98. The normalized spacial score (nSPS) is 10.4. The van der Waals surface area contributed by atoms with E-state index < -0.39 is 11.9 Å². The van der Waals surface area contributed by atoms with Crippen molar-refractivity contribution in [1.82, 2.24) is 5.32 Å². The van der Waals surface area contributed by atoms with Gasteiger partial charge in [-0.1, -0.05) is 23.7 Å². The van der Waals surface area contributed by atoms with Crippen molar-refractivity contribution in [2.24, 2.45) is 0 Å². The predicted molar refractivity (Wildman–Crippen MR) is 64.9 cm³/mol. The average Bonchev–Trinajstić information content (AvgIpc) is 2.26. The lowest BCUT2D eigenvalue weighted by Gasteiger charge is -2.02. The Labute approximate surface area is 104 Å². The molecule has 0 aliphatic rings. The number of aliphatic carboxylic acids is 1. The highest BCUT2D eigenvalue weighted by atomic mass is 35.5. The lowest BCUT2D eigenvalue weighted by atomic mass is 10.1. The summed E-state index contributed by atoms with van der Waals surface area (Å²) < 4.78 is 0. The summed E-state index contributed by atoms with van der Waals surface area (Å²) in [7, 11) is 0. The number of carbonyl (C=O) groups is 2. The van der Waals surface area contributed by atoms with E-state index >= 15 is 0 Å². The molecule has 17 heavy (non-hydrogen) atoms. The lowest BCUT2D eigenvalue weighted by molar-refractivity contribution is -0.131. The monoisotopic (exact) mass is 253 g/mol. The van der Waals surface area contributed by atoms with E-state index in [1.807, 2.05) is 18.2 Å². The van der Waals surface area contributed by atoms with Crippen molar-refractivity contribution < 1.29 is 14.7 Å². The van der Waals surface area contributed by atoms with Gasteiger partial charge in [0, 0.05) is 23.7 Å². The van der Waals surface area contributed by atoms with Crippen molar-refractivity contribution in [2.45, 2.75) is 6.42 Å². The standard InChI is InChI=1S/C12H12ClNO3/c13-10-3-1-2-9(8-10)6-7-14-11(15)4-5-12(16)17/h1-5,8H,6-7H2,(H,14,15)(H,16,17). The summed E-state index contributed by atoms with van der Waals surface area (Å²) in [6, 6.07) is 7.34. The minimum absolute atomic E-state index is 0.422. The van der Waals surface area contributed by atoms with Crippen molar-refractivity contribution in [1.29, 1.82) is 0 Å². The van der Waals surface area contributed by atoms with Crippen LogP contribution in [0.1, 0.15) is 5.56 Å². The van der Waals surface area contributed by atoms with Crippen LogP contribution in [0, 0.1) is 0 Å². The fourth-order valence-electron chi connectivity index (χ4n) is 1.23. The zero-order valence-electron chi connectivity index (χ0n) is 9.02. The van der Waals surface area contributed by atoms with Crippen molar-refractivity contribution in [3.63, 3.8) is 0 Å². The van der Waals surface area contributed by atoms with Gasteiger partial charge in [0.2, 0.25) is 5.91 Å². The van der Waals surface area contributed by atoms with Gasteiger partial charge in [-0.2, -0.15) is 0 Å². The molecular formula is C12H12ClNO3. The number of carboxylic acid groups (broad SMARTS) is 1. The molecule has 1 aromatic rings. The highest BCUT2D eigenvalue weighted by Crippen LogP contribution is 2.10. The van der Waals surface area contributed by atoms with E-state index in [1.165, 1.54) is 0 Å². The molecule has 0 radical (unpaired) electrons. The Morgan fingerprint density at radius 3 is 2.76 bits per heavy atom. The molecule has 0 atom stereocenters. The number of hydrogen-bond acceptors (Lipinski definition) is 2. The Balaban J connectivity index is 2.33. The SMILES string of the molecule is O=C(O)C=CC(=O)NCCc1cccc(Cl)c1. The largest absolute Gasteiger partial charge is 0.478 e. The quantitative estimate of drug-likeness (QED) is 0.784. The first kappa shape index (κ1) is 13.3. The van der Waals surface area contributed by atoms with Crippen LogP contribution in [-0.4, -0.2) is 23.5 Å². The number of amides is 1. The highest BCUT2D eigenvalue weighted by molar-refractivity contribution is 6.30. The van der Waals surface area contributed by atoms with Gasteiger partial charge in [-0.3, -0.25) is 4.79 Å². The number of nitrogens with one attached hydrogen (secondary N) is 1. The third-order valence-corrected chi connectivity index (χ3v) is 2.21. The number of carbonyl (C=O) groups excluding carboxylic acids is 1. The third kappa shape index (κ3) is 5.73. The van der Waals surface area contributed by atoms with Gasteiger partial charge >= 0.3 is 5.97 Å². The Hall–Kier alpha value is -1.81.